The molecule has 1 heterocycles. The van der Waals surface area contributed by atoms with Crippen LogP contribution in [0.15, 0.2) is 43.0 Å². The van der Waals surface area contributed by atoms with Crippen molar-refractivity contribution < 1.29 is 45.1 Å². The van der Waals surface area contributed by atoms with Crippen LogP contribution in [0.2, 0.25) is 0 Å². The van der Waals surface area contributed by atoms with Crippen molar-refractivity contribution in [1.82, 2.24) is 15.3 Å². The standard InChI is InChI=1S/C24H22ClF7N4O3/c1-21(14-10-33-12-34-11-14,20(38)35-15-8-17(9-15)39-24(30,31)32)36(19(37)18(25)26)16-4-2-13(3-5-16)22(6-7-22)23(27,28)29/h2-5,10-12,15,17-18H,6-9H2,1H3,(H,35,38)/t15?,17?,18-,21-/m0/s1. The van der Waals surface area contributed by atoms with Gasteiger partial charge in [0, 0.05) is 29.7 Å². The van der Waals surface area contributed by atoms with Crippen molar-refractivity contribution in [2.45, 2.75) is 73.9 Å². The van der Waals surface area contributed by atoms with E-state index in [1.54, 1.807) is 0 Å². The molecule has 2 aliphatic carbocycles. The molecule has 2 atom stereocenters. The number of anilines is 1. The Bertz CT molecular complexity index is 1200. The fourth-order valence-electron chi connectivity index (χ4n) is 4.70. The third-order valence-electron chi connectivity index (χ3n) is 7.12. The molecular weight excluding hydrogens is 561 g/mol. The number of carbonyl (C=O) groups excluding carboxylic acids is 2. The van der Waals surface area contributed by atoms with Crippen LogP contribution in [0.1, 0.15) is 43.7 Å². The molecule has 212 valence electrons. The molecule has 2 saturated carbocycles. The number of carbonyl (C=O) groups is 2. The number of alkyl halides is 8. The lowest BCUT2D eigenvalue weighted by Crippen LogP contribution is -2.61. The van der Waals surface area contributed by atoms with Gasteiger partial charge >= 0.3 is 12.5 Å². The number of ether oxygens (including phenoxy) is 1. The normalized spacial score (nSPS) is 22.7. The third-order valence-corrected chi connectivity index (χ3v) is 7.31. The largest absolute Gasteiger partial charge is 0.522 e. The lowest BCUT2D eigenvalue weighted by Gasteiger charge is -2.43. The molecule has 0 saturated heterocycles. The summed E-state index contributed by atoms with van der Waals surface area (Å²) in [4.78, 5) is 35.1. The summed E-state index contributed by atoms with van der Waals surface area (Å²) >= 11 is 5.48. The van der Waals surface area contributed by atoms with E-state index in [2.05, 4.69) is 20.0 Å². The summed E-state index contributed by atoms with van der Waals surface area (Å²) in [6.07, 6.45) is -7.69. The zero-order valence-electron chi connectivity index (χ0n) is 20.2. The molecule has 15 heteroatoms. The topological polar surface area (TPSA) is 84.4 Å². The Kier molecular flexibility index (Phi) is 7.58. The predicted octanol–water partition coefficient (Wildman–Crippen LogP) is 5.04. The Labute approximate surface area is 222 Å². The number of benzene rings is 1. The molecule has 39 heavy (non-hydrogen) atoms. The van der Waals surface area contributed by atoms with E-state index >= 15 is 0 Å². The van der Waals surface area contributed by atoms with Crippen LogP contribution in [0.25, 0.3) is 0 Å². The Hall–Kier alpha value is -3.00. The summed E-state index contributed by atoms with van der Waals surface area (Å²) in [6.45, 7) is 1.21. The van der Waals surface area contributed by atoms with E-state index < -0.39 is 53.1 Å². The quantitative estimate of drug-likeness (QED) is 0.348. The number of aromatic nitrogens is 2. The first-order valence-electron chi connectivity index (χ1n) is 11.7. The maximum Gasteiger partial charge on any atom is 0.522 e. The molecule has 1 aromatic carbocycles. The minimum absolute atomic E-state index is 0.0198. The first-order valence-corrected chi connectivity index (χ1v) is 12.1. The number of amides is 2. The summed E-state index contributed by atoms with van der Waals surface area (Å²) in [5.74, 6) is -2.34. The number of rotatable bonds is 8. The number of nitrogens with zero attached hydrogens (tertiary/aromatic N) is 3. The number of hydrogen-bond donors (Lipinski definition) is 1. The van der Waals surface area contributed by atoms with Crippen LogP contribution < -0.4 is 10.2 Å². The first-order chi connectivity index (χ1) is 18.1. The molecule has 4 rings (SSSR count). The van der Waals surface area contributed by atoms with E-state index in [1.807, 2.05) is 0 Å². The SMILES string of the molecule is C[C@@](C(=O)NC1CC(OC(F)(F)F)C1)(c1cncnc1)N(C(=O)[C@H](F)Cl)c1ccc(C2(C(F)(F)F)CC2)cc1. The highest BCUT2D eigenvalue weighted by Gasteiger charge is 2.64. The fraction of sp³-hybridized carbons (Fsp3) is 0.500. The van der Waals surface area contributed by atoms with E-state index in [0.29, 0.717) is 4.90 Å². The van der Waals surface area contributed by atoms with Crippen molar-refractivity contribution in [2.24, 2.45) is 0 Å². The Morgan fingerprint density at radius 1 is 1.08 bits per heavy atom. The summed E-state index contributed by atoms with van der Waals surface area (Å²) in [6, 6.07) is 3.80. The average molecular weight is 583 g/mol. The Morgan fingerprint density at radius 3 is 2.10 bits per heavy atom. The second-order valence-corrected chi connectivity index (χ2v) is 10.0. The van der Waals surface area contributed by atoms with Gasteiger partial charge in [0.15, 0.2) is 5.54 Å². The summed E-state index contributed by atoms with van der Waals surface area (Å²) in [5, 5.41) is 2.53. The molecule has 2 aliphatic rings. The lowest BCUT2D eigenvalue weighted by atomic mass is 9.85. The smallest absolute Gasteiger partial charge is 0.351 e. The van der Waals surface area contributed by atoms with Gasteiger partial charge in [0.2, 0.25) is 0 Å². The van der Waals surface area contributed by atoms with E-state index in [0.717, 1.165) is 30.6 Å². The maximum absolute atomic E-state index is 14.3. The summed E-state index contributed by atoms with van der Waals surface area (Å²) in [5.41, 5.74) is -7.03. The molecule has 0 radical (unpaired) electrons. The van der Waals surface area contributed by atoms with Crippen molar-refractivity contribution in [2.75, 3.05) is 4.90 Å². The van der Waals surface area contributed by atoms with Crippen molar-refractivity contribution >= 4 is 29.1 Å². The van der Waals surface area contributed by atoms with Crippen LogP contribution in [0, 0.1) is 0 Å². The predicted molar refractivity (Wildman–Crippen MR) is 123 cm³/mol. The third kappa shape index (κ3) is 5.67. The highest BCUT2D eigenvalue weighted by atomic mass is 35.5. The van der Waals surface area contributed by atoms with Crippen LogP contribution in [-0.2, 0) is 25.3 Å². The van der Waals surface area contributed by atoms with Crippen molar-refractivity contribution in [3.05, 3.63) is 54.1 Å². The molecule has 2 amide bonds. The fourth-order valence-corrected chi connectivity index (χ4v) is 4.80. The minimum atomic E-state index is -4.85. The molecule has 0 spiro atoms. The number of nitrogens with one attached hydrogen (secondary N) is 1. The van der Waals surface area contributed by atoms with Gasteiger partial charge in [0.25, 0.3) is 17.4 Å². The number of hydrogen-bond acceptors (Lipinski definition) is 5. The van der Waals surface area contributed by atoms with Crippen molar-refractivity contribution in [1.29, 1.82) is 0 Å². The van der Waals surface area contributed by atoms with Gasteiger partial charge < -0.3 is 5.32 Å². The lowest BCUT2D eigenvalue weighted by molar-refractivity contribution is -0.351. The van der Waals surface area contributed by atoms with Crippen LogP contribution in [0.3, 0.4) is 0 Å². The van der Waals surface area contributed by atoms with Gasteiger partial charge in [0.1, 0.15) is 6.33 Å². The Morgan fingerprint density at radius 2 is 1.64 bits per heavy atom. The maximum atomic E-state index is 14.3. The second-order valence-electron chi connectivity index (χ2n) is 9.63. The number of halogens is 8. The first kappa shape index (κ1) is 29.0. The van der Waals surface area contributed by atoms with Crippen molar-refractivity contribution in [3.8, 4) is 0 Å². The molecule has 0 aliphatic heterocycles. The molecule has 2 aromatic rings. The van der Waals surface area contributed by atoms with Crippen molar-refractivity contribution in [3.63, 3.8) is 0 Å². The van der Waals surface area contributed by atoms with E-state index in [-0.39, 0.29) is 42.5 Å². The summed E-state index contributed by atoms with van der Waals surface area (Å²) in [7, 11) is 0. The van der Waals surface area contributed by atoms with Gasteiger partial charge in [-0.2, -0.15) is 13.2 Å². The zero-order chi connectivity index (χ0) is 28.8. The molecule has 2 fully saturated rings. The molecular formula is C24H22ClF7N4O3. The van der Waals surface area contributed by atoms with E-state index in [9.17, 15) is 40.3 Å². The molecule has 0 unspecified atom stereocenters. The molecule has 0 bridgehead atoms. The Balaban J connectivity index is 1.69. The van der Waals surface area contributed by atoms with Crippen LogP contribution in [-0.4, -0.2) is 52.1 Å². The van der Waals surface area contributed by atoms with Gasteiger partial charge in [-0.15, -0.1) is 13.2 Å². The van der Waals surface area contributed by atoms with Crippen LogP contribution >= 0.6 is 11.6 Å². The zero-order valence-corrected chi connectivity index (χ0v) is 20.9. The van der Waals surface area contributed by atoms with Crippen LogP contribution in [0.5, 0.6) is 0 Å². The molecule has 7 nitrogen and oxygen atoms in total. The van der Waals surface area contributed by atoms with Gasteiger partial charge in [-0.3, -0.25) is 19.2 Å². The highest BCUT2D eigenvalue weighted by molar-refractivity contribution is 6.32. The minimum Gasteiger partial charge on any atom is -0.351 e. The van der Waals surface area contributed by atoms with Gasteiger partial charge in [0.05, 0.1) is 11.5 Å². The van der Waals surface area contributed by atoms with Gasteiger partial charge in [-0.05, 0) is 50.3 Å². The van der Waals surface area contributed by atoms with E-state index in [4.69, 9.17) is 11.6 Å². The van der Waals surface area contributed by atoms with E-state index in [1.165, 1.54) is 19.3 Å². The molecule has 1 N–H and O–H groups in total. The van der Waals surface area contributed by atoms with Gasteiger partial charge in [-0.25, -0.2) is 14.4 Å². The second kappa shape index (κ2) is 10.2. The van der Waals surface area contributed by atoms with Crippen LogP contribution in [0.4, 0.5) is 36.4 Å². The molecule has 1 aromatic heterocycles. The summed E-state index contributed by atoms with van der Waals surface area (Å²) < 4.78 is 96.4. The highest BCUT2D eigenvalue weighted by Crippen LogP contribution is 2.59. The average Bonchev–Trinajstić information content (AvgIpc) is 3.65. The van der Waals surface area contributed by atoms with Gasteiger partial charge in [-0.1, -0.05) is 23.7 Å². The monoisotopic (exact) mass is 582 g/mol.